The van der Waals surface area contributed by atoms with E-state index in [4.69, 9.17) is 5.73 Å². The highest BCUT2D eigenvalue weighted by molar-refractivity contribution is 5.84. The predicted molar refractivity (Wildman–Crippen MR) is 75.4 cm³/mol. The molecule has 1 saturated heterocycles. The molecule has 106 valence electrons. The van der Waals surface area contributed by atoms with Crippen molar-refractivity contribution in [2.45, 2.75) is 64.5 Å². The summed E-state index contributed by atoms with van der Waals surface area (Å²) in [6.07, 6.45) is 5.70. The Hall–Kier alpha value is -0.610. The van der Waals surface area contributed by atoms with Gasteiger partial charge >= 0.3 is 0 Å². The second-order valence-corrected chi connectivity index (χ2v) is 5.77. The second kappa shape index (κ2) is 7.10. The highest BCUT2D eigenvalue weighted by Crippen LogP contribution is 2.20. The first kappa shape index (κ1) is 15.4. The first-order valence-corrected chi connectivity index (χ1v) is 7.28. The summed E-state index contributed by atoms with van der Waals surface area (Å²) in [5.74, 6) is -0.236. The van der Waals surface area contributed by atoms with E-state index in [0.717, 1.165) is 32.5 Å². The molecular formula is C14H29N3O. The standard InChI is InChI=1S/C14H29N3O/c1-4-8-16-14(3,13(15)18)11-12(2)17-9-6-5-7-10-17/h12,16H,4-11H2,1-3H3,(H2,15,18). The summed E-state index contributed by atoms with van der Waals surface area (Å²) in [6.45, 7) is 9.40. The van der Waals surface area contributed by atoms with Crippen LogP contribution in [0.25, 0.3) is 0 Å². The highest BCUT2D eigenvalue weighted by atomic mass is 16.1. The molecular weight excluding hydrogens is 226 g/mol. The van der Waals surface area contributed by atoms with Gasteiger partial charge in [0, 0.05) is 6.04 Å². The monoisotopic (exact) mass is 255 g/mol. The summed E-state index contributed by atoms with van der Waals surface area (Å²) >= 11 is 0. The third-order valence-corrected chi connectivity index (χ3v) is 4.03. The Morgan fingerprint density at radius 3 is 2.50 bits per heavy atom. The first-order chi connectivity index (χ1) is 8.49. The van der Waals surface area contributed by atoms with Gasteiger partial charge in [-0.3, -0.25) is 4.79 Å². The van der Waals surface area contributed by atoms with Crippen LogP contribution >= 0.6 is 0 Å². The van der Waals surface area contributed by atoms with Crippen LogP contribution in [-0.2, 0) is 4.79 Å². The van der Waals surface area contributed by atoms with Crippen molar-refractivity contribution in [3.8, 4) is 0 Å². The van der Waals surface area contributed by atoms with E-state index in [-0.39, 0.29) is 5.91 Å². The van der Waals surface area contributed by atoms with Crippen LogP contribution in [-0.4, -0.2) is 42.0 Å². The van der Waals surface area contributed by atoms with E-state index in [1.54, 1.807) is 0 Å². The van der Waals surface area contributed by atoms with Crippen molar-refractivity contribution in [2.75, 3.05) is 19.6 Å². The average molecular weight is 255 g/mol. The minimum Gasteiger partial charge on any atom is -0.368 e. The Bertz CT molecular complexity index is 264. The number of primary amides is 1. The number of nitrogens with two attached hydrogens (primary N) is 1. The fraction of sp³-hybridized carbons (Fsp3) is 0.929. The van der Waals surface area contributed by atoms with Crippen LogP contribution in [0.3, 0.4) is 0 Å². The minimum atomic E-state index is -0.577. The SMILES string of the molecule is CCCNC(C)(CC(C)N1CCCCC1)C(N)=O. The molecule has 0 saturated carbocycles. The molecule has 1 heterocycles. The molecule has 1 amide bonds. The number of piperidine rings is 1. The van der Waals surface area contributed by atoms with Gasteiger partial charge in [-0.2, -0.15) is 0 Å². The molecule has 4 heteroatoms. The smallest absolute Gasteiger partial charge is 0.237 e. The topological polar surface area (TPSA) is 58.4 Å². The number of carbonyl (C=O) groups is 1. The molecule has 1 aliphatic rings. The van der Waals surface area contributed by atoms with Gasteiger partial charge in [-0.15, -0.1) is 0 Å². The molecule has 0 aromatic rings. The third kappa shape index (κ3) is 4.25. The number of hydrogen-bond donors (Lipinski definition) is 2. The fourth-order valence-corrected chi connectivity index (χ4v) is 2.74. The molecule has 18 heavy (non-hydrogen) atoms. The third-order valence-electron chi connectivity index (χ3n) is 4.03. The zero-order valence-corrected chi connectivity index (χ0v) is 12.2. The van der Waals surface area contributed by atoms with E-state index in [9.17, 15) is 4.79 Å². The Balaban J connectivity index is 2.55. The van der Waals surface area contributed by atoms with Crippen molar-refractivity contribution in [1.29, 1.82) is 0 Å². The lowest BCUT2D eigenvalue weighted by molar-refractivity contribution is -0.124. The average Bonchev–Trinajstić information content (AvgIpc) is 2.37. The van der Waals surface area contributed by atoms with Crippen molar-refractivity contribution in [3.05, 3.63) is 0 Å². The molecule has 0 bridgehead atoms. The van der Waals surface area contributed by atoms with E-state index in [2.05, 4.69) is 24.1 Å². The van der Waals surface area contributed by atoms with Crippen molar-refractivity contribution in [1.82, 2.24) is 10.2 Å². The van der Waals surface area contributed by atoms with Gasteiger partial charge in [-0.05, 0) is 59.2 Å². The van der Waals surface area contributed by atoms with Gasteiger partial charge < -0.3 is 16.0 Å². The van der Waals surface area contributed by atoms with Gasteiger partial charge in [0.2, 0.25) is 5.91 Å². The van der Waals surface area contributed by atoms with Gasteiger partial charge in [0.1, 0.15) is 0 Å². The van der Waals surface area contributed by atoms with Crippen LogP contribution in [0.1, 0.15) is 52.9 Å². The van der Waals surface area contributed by atoms with Crippen molar-refractivity contribution >= 4 is 5.91 Å². The van der Waals surface area contributed by atoms with Gasteiger partial charge in [0.15, 0.2) is 0 Å². The Labute approximate surface area is 111 Å². The van der Waals surface area contributed by atoms with Crippen LogP contribution in [0, 0.1) is 0 Å². The van der Waals surface area contributed by atoms with Crippen LogP contribution in [0.2, 0.25) is 0 Å². The largest absolute Gasteiger partial charge is 0.368 e. The second-order valence-electron chi connectivity index (χ2n) is 5.77. The molecule has 0 radical (unpaired) electrons. The molecule has 1 aliphatic heterocycles. The van der Waals surface area contributed by atoms with E-state index < -0.39 is 5.54 Å². The highest BCUT2D eigenvalue weighted by Gasteiger charge is 2.33. The Kier molecular flexibility index (Phi) is 6.09. The maximum atomic E-state index is 11.7. The number of likely N-dealkylation sites (tertiary alicyclic amines) is 1. The van der Waals surface area contributed by atoms with Gasteiger partial charge in [0.05, 0.1) is 5.54 Å². The summed E-state index contributed by atoms with van der Waals surface area (Å²) in [5.41, 5.74) is 4.99. The Morgan fingerprint density at radius 1 is 1.39 bits per heavy atom. The van der Waals surface area contributed by atoms with Crippen LogP contribution < -0.4 is 11.1 Å². The molecule has 0 spiro atoms. The molecule has 2 unspecified atom stereocenters. The molecule has 4 nitrogen and oxygen atoms in total. The maximum absolute atomic E-state index is 11.7. The van der Waals surface area contributed by atoms with Crippen LogP contribution in [0.15, 0.2) is 0 Å². The first-order valence-electron chi connectivity index (χ1n) is 7.28. The van der Waals surface area contributed by atoms with Crippen molar-refractivity contribution in [3.63, 3.8) is 0 Å². The molecule has 3 N–H and O–H groups in total. The van der Waals surface area contributed by atoms with Gasteiger partial charge in [0.25, 0.3) is 0 Å². The molecule has 1 fully saturated rings. The summed E-state index contributed by atoms with van der Waals surface area (Å²) < 4.78 is 0. The zero-order valence-electron chi connectivity index (χ0n) is 12.2. The fourth-order valence-electron chi connectivity index (χ4n) is 2.74. The summed E-state index contributed by atoms with van der Waals surface area (Å²) in [7, 11) is 0. The number of nitrogens with one attached hydrogen (secondary N) is 1. The molecule has 2 atom stereocenters. The molecule has 0 aliphatic carbocycles. The minimum absolute atomic E-state index is 0.236. The maximum Gasteiger partial charge on any atom is 0.237 e. The van der Waals surface area contributed by atoms with Gasteiger partial charge in [-0.1, -0.05) is 13.3 Å². The van der Waals surface area contributed by atoms with Crippen molar-refractivity contribution < 1.29 is 4.79 Å². The number of carbonyl (C=O) groups excluding carboxylic acids is 1. The Morgan fingerprint density at radius 2 is 2.00 bits per heavy atom. The predicted octanol–water partition coefficient (Wildman–Crippen LogP) is 1.49. The zero-order chi connectivity index (χ0) is 13.6. The number of amides is 1. The van der Waals surface area contributed by atoms with E-state index in [0.29, 0.717) is 6.04 Å². The summed E-state index contributed by atoms with van der Waals surface area (Å²) in [5, 5.41) is 3.31. The van der Waals surface area contributed by atoms with Crippen LogP contribution in [0.4, 0.5) is 0 Å². The lowest BCUT2D eigenvalue weighted by Crippen LogP contribution is -2.56. The van der Waals surface area contributed by atoms with E-state index in [1.807, 2.05) is 6.92 Å². The van der Waals surface area contributed by atoms with Crippen LogP contribution in [0.5, 0.6) is 0 Å². The van der Waals surface area contributed by atoms with E-state index >= 15 is 0 Å². The molecule has 1 rings (SSSR count). The van der Waals surface area contributed by atoms with Crippen molar-refractivity contribution in [2.24, 2.45) is 5.73 Å². The quantitative estimate of drug-likeness (QED) is 0.725. The molecule has 0 aromatic heterocycles. The molecule has 0 aromatic carbocycles. The number of rotatable bonds is 7. The van der Waals surface area contributed by atoms with E-state index in [1.165, 1.54) is 19.3 Å². The summed E-state index contributed by atoms with van der Waals surface area (Å²) in [4.78, 5) is 14.2. The summed E-state index contributed by atoms with van der Waals surface area (Å²) in [6, 6.07) is 0.409. The normalized spacial score (nSPS) is 22.4. The number of hydrogen-bond acceptors (Lipinski definition) is 3. The van der Waals surface area contributed by atoms with Gasteiger partial charge in [-0.25, -0.2) is 0 Å². The lowest BCUT2D eigenvalue weighted by Gasteiger charge is -2.37. The number of nitrogens with zero attached hydrogens (tertiary/aromatic N) is 1. The lowest BCUT2D eigenvalue weighted by atomic mass is 9.91.